The Labute approximate surface area is 78.0 Å². The molecule has 1 aromatic carbocycles. The van der Waals surface area contributed by atoms with Gasteiger partial charge in [-0.25, -0.2) is 4.79 Å². The Bertz CT molecular complexity index is 525. The largest absolute Gasteiger partial charge is 0.417 e. The maximum atomic E-state index is 10.8. The third-order valence-corrected chi connectivity index (χ3v) is 1.92. The number of carbonyl (C=O) groups is 1. The number of aromatic nitrogens is 1. The molecule has 0 aliphatic rings. The van der Waals surface area contributed by atoms with E-state index >= 15 is 0 Å². The molecule has 5 heteroatoms. The lowest BCUT2D eigenvalue weighted by atomic mass is 10.2. The number of hydrogen-bond donors (Lipinski definition) is 2. The maximum Gasteiger partial charge on any atom is 0.417 e. The number of aromatic amines is 1. The van der Waals surface area contributed by atoms with E-state index in [9.17, 15) is 9.59 Å². The van der Waals surface area contributed by atoms with Crippen LogP contribution >= 0.6 is 12.6 Å². The van der Waals surface area contributed by atoms with Gasteiger partial charge in [0.25, 0.3) is 0 Å². The Morgan fingerprint density at radius 1 is 1.46 bits per heavy atom. The topological polar surface area (TPSA) is 63.1 Å². The van der Waals surface area contributed by atoms with Gasteiger partial charge in [0.2, 0.25) is 5.12 Å². The highest BCUT2D eigenvalue weighted by molar-refractivity contribution is 7.97. The fraction of sp³-hybridized carbons (Fsp3) is 0. The van der Waals surface area contributed by atoms with Crippen molar-refractivity contribution in [1.82, 2.24) is 4.98 Å². The summed E-state index contributed by atoms with van der Waals surface area (Å²) in [6.07, 6.45) is 0. The Kier molecular flexibility index (Phi) is 1.73. The van der Waals surface area contributed by atoms with Crippen LogP contribution in [0.5, 0.6) is 0 Å². The van der Waals surface area contributed by atoms with Crippen molar-refractivity contribution < 1.29 is 9.21 Å². The molecule has 0 fully saturated rings. The Morgan fingerprint density at radius 3 is 2.92 bits per heavy atom. The van der Waals surface area contributed by atoms with Gasteiger partial charge in [-0.3, -0.25) is 9.78 Å². The van der Waals surface area contributed by atoms with Crippen LogP contribution in [0.4, 0.5) is 0 Å². The summed E-state index contributed by atoms with van der Waals surface area (Å²) in [7, 11) is 0. The Balaban J connectivity index is 2.74. The van der Waals surface area contributed by atoms with Gasteiger partial charge in [0.05, 0.1) is 5.52 Å². The summed E-state index contributed by atoms with van der Waals surface area (Å²) in [6, 6.07) is 4.63. The number of nitrogens with one attached hydrogen (secondary N) is 1. The fourth-order valence-corrected chi connectivity index (χ4v) is 1.22. The van der Waals surface area contributed by atoms with Gasteiger partial charge < -0.3 is 4.42 Å². The average Bonchev–Trinajstić information content (AvgIpc) is 2.42. The number of thiol groups is 1. The van der Waals surface area contributed by atoms with Crippen LogP contribution in [-0.4, -0.2) is 10.1 Å². The molecule has 2 rings (SSSR count). The lowest BCUT2D eigenvalue weighted by molar-refractivity contribution is 0.109. The van der Waals surface area contributed by atoms with Crippen LogP contribution < -0.4 is 5.76 Å². The summed E-state index contributed by atoms with van der Waals surface area (Å²) in [4.78, 5) is 24.0. The van der Waals surface area contributed by atoms with Crippen LogP contribution in [0.2, 0.25) is 0 Å². The third kappa shape index (κ3) is 1.38. The van der Waals surface area contributed by atoms with Crippen molar-refractivity contribution in [3.63, 3.8) is 0 Å². The minimum atomic E-state index is -0.529. The number of rotatable bonds is 1. The van der Waals surface area contributed by atoms with Crippen molar-refractivity contribution >= 4 is 28.8 Å². The molecule has 1 heterocycles. The first-order valence-electron chi connectivity index (χ1n) is 3.53. The monoisotopic (exact) mass is 195 g/mol. The molecular formula is C8H5NO3S. The quantitative estimate of drug-likeness (QED) is 0.672. The summed E-state index contributed by atoms with van der Waals surface area (Å²) in [5, 5.41) is -0.344. The summed E-state index contributed by atoms with van der Waals surface area (Å²) < 4.78 is 4.76. The molecule has 0 saturated heterocycles. The van der Waals surface area contributed by atoms with Crippen molar-refractivity contribution in [3.05, 3.63) is 34.3 Å². The molecule has 0 amide bonds. The first-order chi connectivity index (χ1) is 6.16. The molecule has 1 aromatic heterocycles. The number of benzene rings is 1. The molecule has 13 heavy (non-hydrogen) atoms. The summed E-state index contributed by atoms with van der Waals surface area (Å²) in [6.45, 7) is 0. The highest BCUT2D eigenvalue weighted by atomic mass is 32.1. The van der Waals surface area contributed by atoms with E-state index in [1.54, 1.807) is 12.1 Å². The zero-order chi connectivity index (χ0) is 9.42. The van der Waals surface area contributed by atoms with E-state index in [0.717, 1.165) is 0 Å². The Morgan fingerprint density at radius 2 is 2.23 bits per heavy atom. The first kappa shape index (κ1) is 8.12. The third-order valence-electron chi connectivity index (χ3n) is 1.67. The smallest absolute Gasteiger partial charge is 0.408 e. The van der Waals surface area contributed by atoms with E-state index in [-0.39, 0.29) is 5.12 Å². The molecule has 0 aliphatic heterocycles. The van der Waals surface area contributed by atoms with Crippen LogP contribution in [0.1, 0.15) is 10.4 Å². The van der Waals surface area contributed by atoms with Crippen molar-refractivity contribution in [2.24, 2.45) is 0 Å². The van der Waals surface area contributed by atoms with E-state index in [1.807, 2.05) is 0 Å². The van der Waals surface area contributed by atoms with Crippen molar-refractivity contribution in [1.29, 1.82) is 0 Å². The number of carbonyl (C=O) groups excluding carboxylic acids is 1. The van der Waals surface area contributed by atoms with Gasteiger partial charge in [-0.2, -0.15) is 0 Å². The molecule has 0 bridgehead atoms. The van der Waals surface area contributed by atoms with Gasteiger partial charge in [-0.05, 0) is 18.2 Å². The predicted molar refractivity (Wildman–Crippen MR) is 50.2 cm³/mol. The van der Waals surface area contributed by atoms with E-state index < -0.39 is 5.76 Å². The number of hydrogen-bond acceptors (Lipinski definition) is 3. The van der Waals surface area contributed by atoms with Gasteiger partial charge >= 0.3 is 5.76 Å². The molecule has 66 valence electrons. The SMILES string of the molecule is O=C(S)c1ccc2oc(=O)[nH]c2c1. The fourth-order valence-electron chi connectivity index (χ4n) is 1.09. The zero-order valence-electron chi connectivity index (χ0n) is 6.40. The van der Waals surface area contributed by atoms with Gasteiger partial charge in [0.1, 0.15) is 0 Å². The number of oxazole rings is 1. The molecule has 2 aromatic rings. The molecule has 0 radical (unpaired) electrons. The molecule has 0 atom stereocenters. The zero-order valence-corrected chi connectivity index (χ0v) is 7.30. The number of H-pyrrole nitrogens is 1. The predicted octanol–water partition coefficient (Wildman–Crippen LogP) is 1.19. The second kappa shape index (κ2) is 2.77. The first-order valence-corrected chi connectivity index (χ1v) is 3.98. The van der Waals surface area contributed by atoms with Crippen LogP contribution in [0.3, 0.4) is 0 Å². The second-order valence-corrected chi connectivity index (χ2v) is 2.94. The van der Waals surface area contributed by atoms with Crippen LogP contribution in [-0.2, 0) is 0 Å². The van der Waals surface area contributed by atoms with Gasteiger partial charge in [0, 0.05) is 5.56 Å². The molecule has 0 aliphatic carbocycles. The van der Waals surface area contributed by atoms with Gasteiger partial charge in [-0.15, -0.1) is 12.6 Å². The van der Waals surface area contributed by atoms with E-state index in [0.29, 0.717) is 16.7 Å². The standard InChI is InChI=1S/C8H5NO3S/c10-7(13)4-1-2-6-5(3-4)9-8(11)12-6/h1-3H,(H,9,11)(H,10,13). The highest BCUT2D eigenvalue weighted by Gasteiger charge is 2.04. The highest BCUT2D eigenvalue weighted by Crippen LogP contribution is 2.13. The van der Waals surface area contributed by atoms with Gasteiger partial charge in [0.15, 0.2) is 5.58 Å². The summed E-state index contributed by atoms with van der Waals surface area (Å²) >= 11 is 3.66. The van der Waals surface area contributed by atoms with Crippen molar-refractivity contribution in [2.75, 3.05) is 0 Å². The molecule has 4 nitrogen and oxygen atoms in total. The van der Waals surface area contributed by atoms with Crippen LogP contribution in [0.15, 0.2) is 27.4 Å². The van der Waals surface area contributed by atoms with Crippen molar-refractivity contribution in [2.45, 2.75) is 0 Å². The van der Waals surface area contributed by atoms with E-state index in [1.165, 1.54) is 6.07 Å². The maximum absolute atomic E-state index is 10.8. The lowest BCUT2D eigenvalue weighted by Crippen LogP contribution is -1.93. The van der Waals surface area contributed by atoms with Crippen molar-refractivity contribution in [3.8, 4) is 0 Å². The normalized spacial score (nSPS) is 10.5. The minimum absolute atomic E-state index is 0.344. The summed E-state index contributed by atoms with van der Waals surface area (Å²) in [5.74, 6) is -0.529. The van der Waals surface area contributed by atoms with E-state index in [4.69, 9.17) is 4.42 Å². The Hall–Kier alpha value is -1.49. The number of fused-ring (bicyclic) bond motifs is 1. The molecular weight excluding hydrogens is 190 g/mol. The van der Waals surface area contributed by atoms with Gasteiger partial charge in [-0.1, -0.05) is 0 Å². The van der Waals surface area contributed by atoms with Crippen LogP contribution in [0, 0.1) is 0 Å². The minimum Gasteiger partial charge on any atom is -0.408 e. The van der Waals surface area contributed by atoms with E-state index in [2.05, 4.69) is 17.6 Å². The lowest BCUT2D eigenvalue weighted by Gasteiger charge is -1.91. The molecule has 0 spiro atoms. The van der Waals surface area contributed by atoms with Crippen LogP contribution in [0.25, 0.3) is 11.1 Å². The second-order valence-electron chi connectivity index (χ2n) is 2.53. The molecule has 0 unspecified atom stereocenters. The molecule has 1 N–H and O–H groups in total. The summed E-state index contributed by atoms with van der Waals surface area (Å²) in [5.41, 5.74) is 1.36. The molecule has 0 saturated carbocycles. The average molecular weight is 195 g/mol.